The Hall–Kier alpha value is 0. The Balaban J connectivity index is 1.46. The summed E-state index contributed by atoms with van der Waals surface area (Å²) in [5.41, 5.74) is 1.39. The molecule has 0 saturated heterocycles. The highest BCUT2D eigenvalue weighted by Gasteiger charge is 2.59. The molecule has 0 amide bonds. The zero-order chi connectivity index (χ0) is 19.2. The molecule has 0 nitrogen and oxygen atoms in total. The molecular weight excluding hydrogens is 324 g/mol. The van der Waals surface area contributed by atoms with E-state index >= 15 is 0 Å². The van der Waals surface area contributed by atoms with Crippen LogP contribution >= 0.6 is 0 Å². The van der Waals surface area contributed by atoms with Crippen molar-refractivity contribution in [1.29, 1.82) is 0 Å². The number of rotatable bonds is 5. The summed E-state index contributed by atoms with van der Waals surface area (Å²) in [6, 6.07) is 0. The van der Waals surface area contributed by atoms with Crippen molar-refractivity contribution in [2.45, 2.75) is 118 Å². The van der Waals surface area contributed by atoms with E-state index in [2.05, 4.69) is 34.6 Å². The first kappa shape index (κ1) is 20.3. The molecular formula is C27H48. The van der Waals surface area contributed by atoms with Gasteiger partial charge >= 0.3 is 0 Å². The maximum absolute atomic E-state index is 2.75. The Labute approximate surface area is 170 Å². The fourth-order valence-electron chi connectivity index (χ4n) is 9.32. The second-order valence-electron chi connectivity index (χ2n) is 12.4. The predicted molar refractivity (Wildman–Crippen MR) is 118 cm³/mol. The van der Waals surface area contributed by atoms with E-state index in [1.54, 1.807) is 51.4 Å². The van der Waals surface area contributed by atoms with Crippen molar-refractivity contribution in [3.8, 4) is 0 Å². The van der Waals surface area contributed by atoms with Gasteiger partial charge in [0.05, 0.1) is 0 Å². The lowest BCUT2D eigenvalue weighted by Crippen LogP contribution is -2.53. The van der Waals surface area contributed by atoms with E-state index in [-0.39, 0.29) is 0 Å². The maximum Gasteiger partial charge on any atom is -0.0264 e. The zero-order valence-electron chi connectivity index (χ0n) is 19.2. The standard InChI is InChI=1S/C27H48/c1-19(2)9-8-10-20(3)23-14-15-24-22-13-12-21-11-6-7-17-26(21,4)25(22)16-18-27(23,24)5/h19-25H,6-18H2,1-5H3/t20-,21?,22+,23+,24-,25+,26+,27-/m1/s1. The zero-order valence-corrected chi connectivity index (χ0v) is 19.2. The average molecular weight is 373 g/mol. The van der Waals surface area contributed by atoms with Gasteiger partial charge in [-0.2, -0.15) is 0 Å². The van der Waals surface area contributed by atoms with Crippen molar-refractivity contribution in [2.75, 3.05) is 0 Å². The summed E-state index contributed by atoms with van der Waals surface area (Å²) in [5, 5.41) is 0. The summed E-state index contributed by atoms with van der Waals surface area (Å²) in [5.74, 6) is 7.15. The summed E-state index contributed by atoms with van der Waals surface area (Å²) < 4.78 is 0. The first-order valence-corrected chi connectivity index (χ1v) is 12.9. The summed E-state index contributed by atoms with van der Waals surface area (Å²) in [6.45, 7) is 12.9. The van der Waals surface area contributed by atoms with E-state index in [9.17, 15) is 0 Å². The number of fused-ring (bicyclic) bond motifs is 5. The second-order valence-corrected chi connectivity index (χ2v) is 12.4. The van der Waals surface area contributed by atoms with Crippen LogP contribution in [-0.4, -0.2) is 0 Å². The van der Waals surface area contributed by atoms with E-state index in [1.165, 1.54) is 32.1 Å². The van der Waals surface area contributed by atoms with Gasteiger partial charge in [0.1, 0.15) is 0 Å². The van der Waals surface area contributed by atoms with Gasteiger partial charge in [-0.15, -0.1) is 0 Å². The Kier molecular flexibility index (Phi) is 5.77. The summed E-state index contributed by atoms with van der Waals surface area (Å²) in [4.78, 5) is 0. The highest BCUT2D eigenvalue weighted by atomic mass is 14.6. The molecule has 4 saturated carbocycles. The summed E-state index contributed by atoms with van der Waals surface area (Å²) in [6.07, 6.45) is 19.9. The Morgan fingerprint density at radius 3 is 2.30 bits per heavy atom. The van der Waals surface area contributed by atoms with Gasteiger partial charge < -0.3 is 0 Å². The van der Waals surface area contributed by atoms with Gasteiger partial charge in [-0.25, -0.2) is 0 Å². The molecule has 0 N–H and O–H groups in total. The maximum atomic E-state index is 2.75. The van der Waals surface area contributed by atoms with Crippen molar-refractivity contribution < 1.29 is 0 Å². The van der Waals surface area contributed by atoms with E-state index in [1.807, 2.05) is 0 Å². The van der Waals surface area contributed by atoms with Crippen LogP contribution in [0.2, 0.25) is 0 Å². The molecule has 0 aromatic carbocycles. The third-order valence-corrected chi connectivity index (χ3v) is 10.8. The second kappa shape index (κ2) is 7.68. The summed E-state index contributed by atoms with van der Waals surface area (Å²) in [7, 11) is 0. The van der Waals surface area contributed by atoms with Crippen LogP contribution in [0, 0.1) is 52.3 Å². The molecule has 0 aliphatic heterocycles. The smallest absolute Gasteiger partial charge is 0.0264 e. The fraction of sp³-hybridized carbons (Fsp3) is 1.00. The molecule has 0 heteroatoms. The van der Waals surface area contributed by atoms with Crippen LogP contribution in [0.3, 0.4) is 0 Å². The predicted octanol–water partition coefficient (Wildman–Crippen LogP) is 8.50. The average Bonchev–Trinajstić information content (AvgIpc) is 2.98. The molecule has 0 spiro atoms. The molecule has 0 aromatic rings. The molecule has 4 rings (SSSR count). The van der Waals surface area contributed by atoms with E-state index in [0.717, 1.165) is 41.4 Å². The van der Waals surface area contributed by atoms with Crippen molar-refractivity contribution in [2.24, 2.45) is 52.3 Å². The van der Waals surface area contributed by atoms with E-state index in [0.29, 0.717) is 10.8 Å². The Morgan fingerprint density at radius 1 is 0.741 bits per heavy atom. The number of hydrogen-bond acceptors (Lipinski definition) is 0. The van der Waals surface area contributed by atoms with Gasteiger partial charge in [-0.1, -0.05) is 66.7 Å². The SMILES string of the molecule is CC(C)CCC[C@@H](C)[C@@H]1CC[C@@H]2[C@@H]3CCC4CCCC[C@]4(C)[C@H]3CC[C@@]21C. The molecule has 8 atom stereocenters. The largest absolute Gasteiger partial charge is 0.0628 e. The van der Waals surface area contributed by atoms with E-state index in [4.69, 9.17) is 0 Å². The molecule has 0 radical (unpaired) electrons. The van der Waals surface area contributed by atoms with E-state index < -0.39 is 0 Å². The molecule has 1 unspecified atom stereocenters. The van der Waals surface area contributed by atoms with Gasteiger partial charge in [-0.05, 0) is 104 Å². The lowest BCUT2D eigenvalue weighted by atomic mass is 9.44. The third kappa shape index (κ3) is 3.44. The minimum atomic E-state index is 0.677. The monoisotopic (exact) mass is 372 g/mol. The van der Waals surface area contributed by atoms with Gasteiger partial charge in [0.2, 0.25) is 0 Å². The van der Waals surface area contributed by atoms with Crippen LogP contribution in [0.4, 0.5) is 0 Å². The third-order valence-electron chi connectivity index (χ3n) is 10.8. The van der Waals surface area contributed by atoms with Crippen molar-refractivity contribution in [1.82, 2.24) is 0 Å². The minimum absolute atomic E-state index is 0.677. The Morgan fingerprint density at radius 2 is 1.52 bits per heavy atom. The van der Waals surface area contributed by atoms with Crippen LogP contribution in [0.5, 0.6) is 0 Å². The molecule has 4 fully saturated rings. The molecule has 0 bridgehead atoms. The minimum Gasteiger partial charge on any atom is -0.0628 e. The van der Waals surface area contributed by atoms with Crippen LogP contribution in [0.25, 0.3) is 0 Å². The lowest BCUT2D eigenvalue weighted by Gasteiger charge is -2.61. The van der Waals surface area contributed by atoms with Crippen molar-refractivity contribution >= 4 is 0 Å². The topological polar surface area (TPSA) is 0 Å². The molecule has 4 aliphatic rings. The van der Waals surface area contributed by atoms with Crippen molar-refractivity contribution in [3.63, 3.8) is 0 Å². The van der Waals surface area contributed by atoms with Crippen LogP contribution in [0.15, 0.2) is 0 Å². The highest BCUT2D eigenvalue weighted by molar-refractivity contribution is 5.09. The van der Waals surface area contributed by atoms with Crippen LogP contribution in [0.1, 0.15) is 118 Å². The van der Waals surface area contributed by atoms with Gasteiger partial charge in [0.25, 0.3) is 0 Å². The lowest BCUT2D eigenvalue weighted by molar-refractivity contribution is -0.114. The van der Waals surface area contributed by atoms with Gasteiger partial charge in [0.15, 0.2) is 0 Å². The molecule has 27 heavy (non-hydrogen) atoms. The first-order valence-electron chi connectivity index (χ1n) is 12.9. The molecule has 0 aromatic heterocycles. The van der Waals surface area contributed by atoms with Gasteiger partial charge in [-0.3, -0.25) is 0 Å². The quantitative estimate of drug-likeness (QED) is 0.453. The molecule has 156 valence electrons. The molecule has 0 heterocycles. The first-order chi connectivity index (χ1) is 12.9. The van der Waals surface area contributed by atoms with Crippen molar-refractivity contribution in [3.05, 3.63) is 0 Å². The normalized spacial score (nSPS) is 48.0. The fourth-order valence-corrected chi connectivity index (χ4v) is 9.32. The van der Waals surface area contributed by atoms with Crippen LogP contribution in [-0.2, 0) is 0 Å². The Bertz CT molecular complexity index is 506. The number of hydrogen-bond donors (Lipinski definition) is 0. The summed E-state index contributed by atoms with van der Waals surface area (Å²) >= 11 is 0. The highest BCUT2D eigenvalue weighted by Crippen LogP contribution is 2.68. The van der Waals surface area contributed by atoms with Gasteiger partial charge in [0, 0.05) is 0 Å². The molecule has 4 aliphatic carbocycles. The van der Waals surface area contributed by atoms with Crippen LogP contribution < -0.4 is 0 Å².